The number of rotatable bonds is 30. The molecule has 0 amide bonds. The fourth-order valence-electron chi connectivity index (χ4n) is 7.11. The molecular formula is C53H63AgCl19NO17S2. The molecule has 0 spiro atoms. The number of nitrogens with zero attached hydrogens (tertiary/aromatic N) is 1. The summed E-state index contributed by atoms with van der Waals surface area (Å²) >= 11 is 105. The van der Waals surface area contributed by atoms with Crippen molar-refractivity contribution in [3.05, 3.63) is 93.5 Å². The Bertz CT molecular complexity index is 2980. The molecule has 2 aromatic rings. The van der Waals surface area contributed by atoms with E-state index in [4.69, 9.17) is 255 Å². The zero-order chi connectivity index (χ0) is 71.8. The third kappa shape index (κ3) is 43.3. The van der Waals surface area contributed by atoms with Crippen LogP contribution in [-0.4, -0.2) is 140 Å². The number of carbonyl (C=O) groups excluding carboxylic acids is 1. The van der Waals surface area contributed by atoms with Crippen LogP contribution in [-0.2, 0) is 96.1 Å². The molecule has 2 aliphatic rings. The molecule has 0 saturated heterocycles. The summed E-state index contributed by atoms with van der Waals surface area (Å²) in [5.74, 6) is -1.31. The molecule has 0 unspecified atom stereocenters. The van der Waals surface area contributed by atoms with E-state index >= 15 is 0 Å². The minimum absolute atomic E-state index is 0.00589. The number of hydrogen-bond donors (Lipinski definition) is 1. The van der Waals surface area contributed by atoms with Crippen LogP contribution in [0.5, 0.6) is 0 Å². The summed E-state index contributed by atoms with van der Waals surface area (Å²) in [4.78, 5) is 27.4. The fraction of sp³-hybridized carbons (Fsp3) is 0.604. The van der Waals surface area contributed by atoms with Crippen molar-refractivity contribution in [3.63, 3.8) is 0 Å². The first kappa shape index (κ1) is 92.6. The normalized spacial score (nSPS) is 15.5. The molecule has 0 atom stereocenters. The number of ether oxygens (including phenoxy) is 8. The number of esters is 1. The number of benzene rings is 2. The van der Waals surface area contributed by atoms with E-state index in [0.29, 0.717) is 37.2 Å². The van der Waals surface area contributed by atoms with Crippen LogP contribution >= 0.6 is 218 Å². The summed E-state index contributed by atoms with van der Waals surface area (Å²) in [5, 5.41) is 9.26. The van der Waals surface area contributed by atoms with E-state index in [9.17, 15) is 31.5 Å². The van der Waals surface area contributed by atoms with E-state index in [0.717, 1.165) is 16.7 Å². The van der Waals surface area contributed by atoms with E-state index in [-0.39, 0.29) is 104 Å². The second kappa shape index (κ2) is 42.4. The van der Waals surface area contributed by atoms with Crippen LogP contribution in [0.4, 0.5) is 0 Å². The van der Waals surface area contributed by atoms with Gasteiger partial charge in [-0.25, -0.2) is 9.79 Å². The quantitative estimate of drug-likeness (QED) is 0.0191. The molecule has 0 fully saturated rings. The van der Waals surface area contributed by atoms with Crippen LogP contribution in [0.15, 0.2) is 97.1 Å². The van der Waals surface area contributed by atoms with Gasteiger partial charge in [0.15, 0.2) is 18.9 Å². The number of allylic oxidation sites excluding steroid dienone is 2. The van der Waals surface area contributed by atoms with Crippen molar-refractivity contribution in [2.24, 2.45) is 4.99 Å². The van der Waals surface area contributed by atoms with Crippen LogP contribution < -0.4 is 0 Å². The average Bonchev–Trinajstić information content (AvgIpc) is 1.81. The van der Waals surface area contributed by atoms with Crippen LogP contribution in [0, 0.1) is 13.8 Å². The van der Waals surface area contributed by atoms with Crippen molar-refractivity contribution in [2.45, 2.75) is 150 Å². The van der Waals surface area contributed by atoms with Crippen molar-refractivity contribution in [3.8, 4) is 0 Å². The van der Waals surface area contributed by atoms with Gasteiger partial charge in [0, 0.05) is 24.8 Å². The molecule has 93 heavy (non-hydrogen) atoms. The number of carboxylic acids is 1. The summed E-state index contributed by atoms with van der Waals surface area (Å²) in [6, 6.07) is 12.3. The van der Waals surface area contributed by atoms with E-state index in [1.807, 2.05) is 27.7 Å². The molecular weight excluding hydrogens is 1770 g/mol. The Balaban J connectivity index is 0.000000707. The Morgan fingerprint density at radius 1 is 0.559 bits per heavy atom. The first-order chi connectivity index (χ1) is 42.3. The number of cyclic esters (lactones) is 1. The molecule has 0 saturated carbocycles. The average molecular weight is 1830 g/mol. The van der Waals surface area contributed by atoms with Gasteiger partial charge < -0.3 is 51.4 Å². The third-order valence-electron chi connectivity index (χ3n) is 11.3. The first-order valence-corrected chi connectivity index (χ1v) is 37.8. The number of aliphatic imine (C=N–C) groups is 1. The van der Waals surface area contributed by atoms with Crippen molar-refractivity contribution in [1.29, 1.82) is 0 Å². The number of aryl methyl sites for hydroxylation is 2. The van der Waals surface area contributed by atoms with Gasteiger partial charge in [-0.05, 0) is 103 Å². The van der Waals surface area contributed by atoms with E-state index in [1.54, 1.807) is 31.2 Å². The van der Waals surface area contributed by atoms with Crippen molar-refractivity contribution < 1.29 is 97.8 Å². The molecule has 0 bridgehead atoms. The topological polar surface area (TPSA) is 227 Å². The van der Waals surface area contributed by atoms with Gasteiger partial charge >= 0.3 is 61.4 Å². The number of halogens is 19. The van der Waals surface area contributed by atoms with Gasteiger partial charge in [-0.1, -0.05) is 244 Å². The molecule has 2 aromatic carbocycles. The first-order valence-electron chi connectivity index (χ1n) is 26.3. The van der Waals surface area contributed by atoms with E-state index < -0.39 is 79.8 Å². The van der Waals surface area contributed by atoms with Gasteiger partial charge in [0.2, 0.25) is 28.7 Å². The number of carboxylic acid groups (broad SMARTS) is 1. The van der Waals surface area contributed by atoms with Gasteiger partial charge in [0.1, 0.15) is 34.5 Å². The van der Waals surface area contributed by atoms with Gasteiger partial charge in [0.25, 0.3) is 0 Å². The van der Waals surface area contributed by atoms with Crippen molar-refractivity contribution in [1.82, 2.24) is 0 Å². The summed E-state index contributed by atoms with van der Waals surface area (Å²) < 4.78 is 94.8. The van der Waals surface area contributed by atoms with E-state index in [1.165, 1.54) is 38.1 Å². The Morgan fingerprint density at radius 2 is 0.892 bits per heavy atom. The van der Waals surface area contributed by atoms with Crippen LogP contribution in [0.2, 0.25) is 0 Å². The van der Waals surface area contributed by atoms with Crippen LogP contribution in [0.1, 0.15) is 90.7 Å². The SMILES string of the molecule is C/C(OS(=O)(=O)c1ccc(C)cc1)=C(\CCC(OCC(Cl)(Cl)Cl)OCC(Cl)(Cl)Cl)C1=NC(C)(C)CO1.C/C(OS(=O)(=O)c1ccc(C)cc1)=C(\CCC(OCC(Cl)(Cl)Cl)OCC(Cl)(Cl)Cl)CC(=O)O.CC1=C(CCC(OCC(Cl)(Cl)Cl)OCC(Cl)(Cl)Cl)C(=O)OC1.[Cl][Ag]. The summed E-state index contributed by atoms with van der Waals surface area (Å²) in [6.07, 6.45) is -2.26. The number of aliphatic carboxylic acids is 1. The predicted molar refractivity (Wildman–Crippen MR) is 370 cm³/mol. The molecule has 2 heterocycles. The predicted octanol–water partition coefficient (Wildman–Crippen LogP) is 18.8. The molecule has 18 nitrogen and oxygen atoms in total. The van der Waals surface area contributed by atoms with E-state index in [2.05, 4.69) is 34.2 Å². The van der Waals surface area contributed by atoms with Crippen molar-refractivity contribution in [2.75, 3.05) is 52.9 Å². The number of carbonyl (C=O) groups is 2. The zero-order valence-corrected chi connectivity index (χ0v) is 67.2. The molecule has 538 valence electrons. The standard InChI is InChI=1S/C22H27Cl6NO6S.C19H22Cl6O7S.C12H14Cl6O4.Ag.ClH/c1-14-5-7-16(8-6-14)36(30,31)35-15(2)17(19-29-20(3,4)11-34-19)9-10-18(32-12-21(23,24)25)33-13-22(26,27)28;1-12-3-6-15(7-4-12)33(28,29)32-13(2)14(9-16(26)27)5-8-17(30-10-18(20,21)22)31-11-19(23,24)25;1-7-4-20-10(19)8(7)2-3-9(21-5-11(13,14)15)22-6-12(16,17)18;;/h5-8,18H,9-13H2,1-4H3;3-4,6-7,17H,5,8-11H2,1-2H3,(H,26,27);9H,2-6H2,1H3;;1H/q;;;+1;/p-1/b17-15-;14-13-;;;. The molecule has 0 aromatic heterocycles. The Kier molecular flexibility index (Phi) is 42.2. The maximum atomic E-state index is 12.9. The number of hydrogen-bond acceptors (Lipinski definition) is 17. The molecule has 0 aliphatic carbocycles. The van der Waals surface area contributed by atoms with Crippen LogP contribution in [0.25, 0.3) is 0 Å². The third-order valence-corrected chi connectivity index (χ3v) is 15.9. The summed E-state index contributed by atoms with van der Waals surface area (Å²) in [6.45, 7) is 11.0. The van der Waals surface area contributed by atoms with Crippen molar-refractivity contribution >= 4 is 256 Å². The Morgan fingerprint density at radius 3 is 1.19 bits per heavy atom. The molecule has 4 rings (SSSR count). The minimum atomic E-state index is -4.17. The van der Waals surface area contributed by atoms with Gasteiger partial charge in [-0.2, -0.15) is 16.8 Å². The van der Waals surface area contributed by atoms with Gasteiger partial charge in [-0.3, -0.25) is 4.79 Å². The fourth-order valence-corrected chi connectivity index (χ4v) is 10.3. The second-order valence-corrected chi connectivity index (χ2v) is 38.5. The Labute approximate surface area is 648 Å². The van der Waals surface area contributed by atoms with Gasteiger partial charge in [0.05, 0.1) is 57.2 Å². The molecule has 40 heteroatoms. The number of alkyl halides is 18. The van der Waals surface area contributed by atoms with Crippen LogP contribution in [0.3, 0.4) is 0 Å². The van der Waals surface area contributed by atoms with Gasteiger partial charge in [-0.15, -0.1) is 0 Å². The zero-order valence-electron chi connectivity index (χ0n) is 49.7. The molecule has 1 N–H and O–H groups in total. The summed E-state index contributed by atoms with van der Waals surface area (Å²) in [7, 11) is -3.84. The maximum absolute atomic E-state index is 12.9. The second-order valence-electron chi connectivity index (χ2n) is 20.3. The Hall–Kier alpha value is 1.58. The summed E-state index contributed by atoms with van der Waals surface area (Å²) in [5.41, 5.74) is 3.30. The molecule has 0 radical (unpaired) electrons. The molecule has 2 aliphatic heterocycles. The monoisotopic (exact) mass is 1820 g/mol.